The van der Waals surface area contributed by atoms with E-state index in [1.165, 1.54) is 76.0 Å². The second-order valence-electron chi connectivity index (χ2n) is 24.4. The molecule has 6 aromatic carbocycles. The van der Waals surface area contributed by atoms with E-state index >= 15 is 0 Å². The summed E-state index contributed by atoms with van der Waals surface area (Å²) in [7, 11) is 0. The highest BCUT2D eigenvalue weighted by atomic mass is 16.6. The third-order valence-electron chi connectivity index (χ3n) is 16.6. The van der Waals surface area contributed by atoms with Crippen LogP contribution >= 0.6 is 0 Å². The Balaban J connectivity index is 0.760. The molecule has 0 aliphatic carbocycles. The lowest BCUT2D eigenvalue weighted by Gasteiger charge is -2.18. The first kappa shape index (κ1) is 77.2. The molecule has 0 aliphatic rings. The van der Waals surface area contributed by atoms with Crippen LogP contribution in [0.15, 0.2) is 164 Å². The van der Waals surface area contributed by atoms with E-state index in [-0.39, 0.29) is 24.0 Å². The van der Waals surface area contributed by atoms with Crippen LogP contribution in [0.2, 0.25) is 0 Å². The fraction of sp³-hybridized carbons (Fsp3) is 0.464. The summed E-state index contributed by atoms with van der Waals surface area (Å²) in [6.07, 6.45) is 36.2. The van der Waals surface area contributed by atoms with Gasteiger partial charge in [0.2, 0.25) is 0 Å². The van der Waals surface area contributed by atoms with E-state index in [0.29, 0.717) is 59.5 Å². The first-order valence-electron chi connectivity index (χ1n) is 36.1. The molecular weight excluding hydrogens is 1200 g/mol. The summed E-state index contributed by atoms with van der Waals surface area (Å²) in [5, 5.41) is 0. The van der Waals surface area contributed by atoms with Crippen molar-refractivity contribution in [2.24, 2.45) is 0 Å². The van der Waals surface area contributed by atoms with Crippen molar-refractivity contribution < 1.29 is 57.0 Å². The SMILES string of the molecule is CCOc1ccc(-c2ccc(/C=C/C(=O)OCCCCCCCCCCOCC(COCCCCCCCCCCOC(=O)/C=C/c3ccc(-c4ccc(OCC)cc4)cc3)OCCCCCCCCCCOC(=O)/C=C/c3ccc(-c4ccc(OCC)cc4)cc3)cc2)cc1. The number of ether oxygens (including phenoxy) is 9. The minimum Gasteiger partial charge on any atom is -0.494 e. The summed E-state index contributed by atoms with van der Waals surface area (Å²) in [6.45, 7) is 12.4. The van der Waals surface area contributed by atoms with Crippen molar-refractivity contribution in [3.05, 3.63) is 181 Å². The smallest absolute Gasteiger partial charge is 0.330 e. The predicted molar refractivity (Wildman–Crippen MR) is 391 cm³/mol. The van der Waals surface area contributed by atoms with Gasteiger partial charge < -0.3 is 42.6 Å². The van der Waals surface area contributed by atoms with Gasteiger partial charge in [0.15, 0.2) is 0 Å². The Morgan fingerprint density at radius 2 is 0.500 bits per heavy atom. The van der Waals surface area contributed by atoms with E-state index in [1.54, 1.807) is 18.2 Å². The van der Waals surface area contributed by atoms with Crippen LogP contribution in [0.4, 0.5) is 0 Å². The summed E-state index contributed by atoms with van der Waals surface area (Å²) in [6, 6.07) is 48.6. The van der Waals surface area contributed by atoms with Gasteiger partial charge in [0.1, 0.15) is 23.4 Å². The number of carbonyl (C=O) groups excluding carboxylic acids is 3. The summed E-state index contributed by atoms with van der Waals surface area (Å²) in [5.41, 5.74) is 9.53. The van der Waals surface area contributed by atoms with E-state index < -0.39 is 0 Å². The average molecular weight is 1310 g/mol. The van der Waals surface area contributed by atoms with Crippen LogP contribution < -0.4 is 14.2 Å². The third-order valence-corrected chi connectivity index (χ3v) is 16.6. The van der Waals surface area contributed by atoms with Crippen LogP contribution in [0, 0.1) is 0 Å². The lowest BCUT2D eigenvalue weighted by molar-refractivity contribution is -0.138. The van der Waals surface area contributed by atoms with E-state index in [1.807, 2.05) is 93.6 Å². The fourth-order valence-corrected chi connectivity index (χ4v) is 11.1. The quantitative estimate of drug-likeness (QED) is 0.0156. The molecule has 0 saturated carbocycles. The Morgan fingerprint density at radius 1 is 0.281 bits per heavy atom. The largest absolute Gasteiger partial charge is 0.494 e. The molecular formula is C84H110O12. The van der Waals surface area contributed by atoms with Crippen molar-refractivity contribution in [1.29, 1.82) is 0 Å². The highest BCUT2D eigenvalue weighted by molar-refractivity contribution is 5.88. The van der Waals surface area contributed by atoms with Crippen LogP contribution in [-0.2, 0) is 42.8 Å². The van der Waals surface area contributed by atoms with Gasteiger partial charge in [0, 0.05) is 38.0 Å². The molecule has 0 unspecified atom stereocenters. The van der Waals surface area contributed by atoms with Crippen molar-refractivity contribution in [1.82, 2.24) is 0 Å². The zero-order valence-corrected chi connectivity index (χ0v) is 58.0. The zero-order valence-electron chi connectivity index (χ0n) is 58.0. The Labute approximate surface area is 575 Å². The Morgan fingerprint density at radius 3 is 0.750 bits per heavy atom. The summed E-state index contributed by atoms with van der Waals surface area (Å²) >= 11 is 0. The number of esters is 3. The van der Waals surface area contributed by atoms with Crippen molar-refractivity contribution >= 4 is 36.1 Å². The minimum absolute atomic E-state index is 0.0793. The lowest BCUT2D eigenvalue weighted by atomic mass is 10.0. The number of hydrogen-bond donors (Lipinski definition) is 0. The first-order chi connectivity index (χ1) is 47.3. The molecule has 0 aromatic heterocycles. The molecule has 12 heteroatoms. The van der Waals surface area contributed by atoms with Gasteiger partial charge >= 0.3 is 17.9 Å². The van der Waals surface area contributed by atoms with Crippen LogP contribution in [-0.4, -0.2) is 96.7 Å². The number of unbranched alkanes of at least 4 members (excludes halogenated alkanes) is 21. The molecule has 0 N–H and O–H groups in total. The number of rotatable bonds is 53. The molecule has 0 radical (unpaired) electrons. The number of benzene rings is 6. The normalized spacial score (nSPS) is 11.5. The van der Waals surface area contributed by atoms with Crippen molar-refractivity contribution in [2.45, 2.75) is 181 Å². The predicted octanol–water partition coefficient (Wildman–Crippen LogP) is 20.7. The van der Waals surface area contributed by atoms with Crippen LogP contribution in [0.25, 0.3) is 51.6 Å². The average Bonchev–Trinajstić information content (AvgIpc) is 1.10. The first-order valence-corrected chi connectivity index (χ1v) is 36.1. The van der Waals surface area contributed by atoms with Crippen LogP contribution in [0.1, 0.15) is 192 Å². The van der Waals surface area contributed by atoms with Gasteiger partial charge in [-0.15, -0.1) is 0 Å². The Bertz CT molecular complexity index is 2940. The van der Waals surface area contributed by atoms with Gasteiger partial charge in [-0.3, -0.25) is 0 Å². The lowest BCUT2D eigenvalue weighted by Crippen LogP contribution is -2.26. The van der Waals surface area contributed by atoms with Gasteiger partial charge in [-0.1, -0.05) is 225 Å². The van der Waals surface area contributed by atoms with Gasteiger partial charge in [-0.05, 0) is 164 Å². The maximum Gasteiger partial charge on any atom is 0.330 e. The van der Waals surface area contributed by atoms with Crippen molar-refractivity contribution in [3.63, 3.8) is 0 Å². The molecule has 0 amide bonds. The molecule has 6 rings (SSSR count). The van der Waals surface area contributed by atoms with E-state index in [2.05, 4.69) is 72.8 Å². The monoisotopic (exact) mass is 1310 g/mol. The molecule has 96 heavy (non-hydrogen) atoms. The summed E-state index contributed by atoms with van der Waals surface area (Å²) < 4.78 is 51.8. The van der Waals surface area contributed by atoms with Gasteiger partial charge in [0.05, 0.1) is 52.9 Å². The zero-order chi connectivity index (χ0) is 67.6. The maximum absolute atomic E-state index is 12.4. The standard InChI is InChI=1S/C84H110O12/c1-4-90-78-52-46-75(47-53-78)72-40-31-69(32-41-72)37-58-82(85)94-64-28-22-16-9-7-13-19-25-61-88-67-81(93-63-27-21-15-11-12-18-24-30-66-96-84(87)60-39-71-35-44-74(45-36-71)77-50-56-80(57-51-77)92-6-3)68-89-62-26-20-14-8-10-17-23-29-65-95-83(86)59-38-70-33-42-73(43-34-70)76-48-54-79(55-49-76)91-5-2/h31-60,81H,4-30,61-68H2,1-3H3/b58-37+,59-38+,60-39+. The van der Waals surface area contributed by atoms with E-state index in [9.17, 15) is 14.4 Å². The highest BCUT2D eigenvalue weighted by Crippen LogP contribution is 2.27. The topological polar surface area (TPSA) is 134 Å². The molecule has 0 atom stereocenters. The van der Waals surface area contributed by atoms with Gasteiger partial charge in [-0.25, -0.2) is 14.4 Å². The number of carbonyl (C=O) groups is 3. The minimum atomic E-state index is -0.307. The second kappa shape index (κ2) is 49.7. The summed E-state index contributed by atoms with van der Waals surface area (Å²) in [4.78, 5) is 37.1. The Kier molecular flexibility index (Phi) is 40.0. The Hall–Kier alpha value is -7.77. The highest BCUT2D eigenvalue weighted by Gasteiger charge is 2.12. The third kappa shape index (κ3) is 34.3. The molecule has 0 aliphatic heterocycles. The van der Waals surface area contributed by atoms with Crippen molar-refractivity contribution in [3.8, 4) is 50.6 Å². The molecule has 0 spiro atoms. The van der Waals surface area contributed by atoms with Crippen LogP contribution in [0.5, 0.6) is 17.2 Å². The van der Waals surface area contributed by atoms with Gasteiger partial charge in [0.25, 0.3) is 0 Å². The van der Waals surface area contributed by atoms with Crippen molar-refractivity contribution in [2.75, 3.05) is 72.7 Å². The molecule has 0 heterocycles. The maximum atomic E-state index is 12.4. The molecule has 0 saturated heterocycles. The van der Waals surface area contributed by atoms with E-state index in [0.717, 1.165) is 177 Å². The molecule has 518 valence electrons. The van der Waals surface area contributed by atoms with Gasteiger partial charge in [-0.2, -0.15) is 0 Å². The fourth-order valence-electron chi connectivity index (χ4n) is 11.1. The van der Waals surface area contributed by atoms with E-state index in [4.69, 9.17) is 42.6 Å². The van der Waals surface area contributed by atoms with Crippen LogP contribution in [0.3, 0.4) is 0 Å². The molecule has 6 aromatic rings. The molecule has 0 fully saturated rings. The molecule has 12 nitrogen and oxygen atoms in total. The second-order valence-corrected chi connectivity index (χ2v) is 24.4. The number of hydrogen-bond acceptors (Lipinski definition) is 12. The summed E-state index contributed by atoms with van der Waals surface area (Å²) in [5.74, 6) is 1.67. The molecule has 0 bridgehead atoms.